The van der Waals surface area contributed by atoms with Gasteiger partial charge in [0.05, 0.1) is 0 Å². The zero-order valence-electron chi connectivity index (χ0n) is 7.34. The van der Waals surface area contributed by atoms with Crippen molar-refractivity contribution in [1.82, 2.24) is 0 Å². The molecule has 0 atom stereocenters. The van der Waals surface area contributed by atoms with E-state index in [1.54, 1.807) is 20.8 Å². The van der Waals surface area contributed by atoms with Crippen molar-refractivity contribution in [2.45, 2.75) is 20.8 Å². The van der Waals surface area contributed by atoms with Crippen molar-refractivity contribution in [1.29, 1.82) is 0 Å². The Labute approximate surface area is 94.0 Å². The Morgan fingerprint density at radius 3 is 0.727 bits per heavy atom. The van der Waals surface area contributed by atoms with Gasteiger partial charge >= 0.3 is 0 Å². The first-order chi connectivity index (χ1) is 4.24. The van der Waals surface area contributed by atoms with Gasteiger partial charge in [-0.1, -0.05) is 0 Å². The fourth-order valence-electron chi connectivity index (χ4n) is 0. The molecule has 0 aromatic rings. The van der Waals surface area contributed by atoms with E-state index in [1.165, 1.54) is 0 Å². The second-order valence-electron chi connectivity index (χ2n) is 0.949. The average molecular weight is 352 g/mol. The summed E-state index contributed by atoms with van der Waals surface area (Å²) < 4.78 is 0. The van der Waals surface area contributed by atoms with E-state index in [9.17, 15) is 0 Å². The Morgan fingerprint density at radius 2 is 0.727 bits per heavy atom. The van der Waals surface area contributed by atoms with Crippen LogP contribution in [0.3, 0.4) is 0 Å². The summed E-state index contributed by atoms with van der Waals surface area (Å²) in [5.74, 6) is 0. The minimum absolute atomic E-state index is 0. The third-order valence-corrected chi connectivity index (χ3v) is 0. The SMILES string of the molecule is CCO.CCO.CCO.[Cl-].[Hf]. The van der Waals surface area contributed by atoms with Crippen LogP contribution in [0.15, 0.2) is 0 Å². The van der Waals surface area contributed by atoms with Crippen LogP contribution < -0.4 is 12.4 Å². The van der Waals surface area contributed by atoms with Crippen molar-refractivity contribution in [3.63, 3.8) is 0 Å². The molecule has 0 radical (unpaired) electrons. The first-order valence-electron chi connectivity index (χ1n) is 3.07. The third-order valence-electron chi connectivity index (χ3n) is 0. The summed E-state index contributed by atoms with van der Waals surface area (Å²) in [6.07, 6.45) is 0. The molecule has 5 heteroatoms. The molecule has 0 heterocycles. The van der Waals surface area contributed by atoms with Gasteiger partial charge in [-0.15, -0.1) is 0 Å². The Balaban J connectivity index is -0.0000000150. The van der Waals surface area contributed by atoms with Crippen LogP contribution in [-0.4, -0.2) is 35.1 Å². The van der Waals surface area contributed by atoms with E-state index in [0.29, 0.717) is 0 Å². The molecular formula is C6H18ClHfO3-. The van der Waals surface area contributed by atoms with Crippen molar-refractivity contribution < 1.29 is 53.6 Å². The molecule has 0 bridgehead atoms. The van der Waals surface area contributed by atoms with E-state index in [0.717, 1.165) is 0 Å². The van der Waals surface area contributed by atoms with Gasteiger partial charge in [-0.2, -0.15) is 0 Å². The molecule has 72 valence electrons. The summed E-state index contributed by atoms with van der Waals surface area (Å²) in [5, 5.41) is 22.7. The van der Waals surface area contributed by atoms with Gasteiger partial charge in [-0.25, -0.2) is 0 Å². The maximum Gasteiger partial charge on any atom is 0.0402 e. The zero-order valence-corrected chi connectivity index (χ0v) is 11.7. The largest absolute Gasteiger partial charge is 1.00 e. The van der Waals surface area contributed by atoms with Crippen LogP contribution in [0.1, 0.15) is 20.8 Å². The Morgan fingerprint density at radius 1 is 0.727 bits per heavy atom. The summed E-state index contributed by atoms with van der Waals surface area (Å²) in [6.45, 7) is 5.79. The monoisotopic (exact) mass is 353 g/mol. The topological polar surface area (TPSA) is 60.7 Å². The van der Waals surface area contributed by atoms with Crippen LogP contribution in [0.2, 0.25) is 0 Å². The number of aliphatic hydroxyl groups is 3. The van der Waals surface area contributed by atoms with Gasteiger partial charge in [0.1, 0.15) is 0 Å². The molecule has 0 amide bonds. The smallest absolute Gasteiger partial charge is 0.0402 e. The van der Waals surface area contributed by atoms with Crippen LogP contribution in [-0.2, 0) is 25.8 Å². The summed E-state index contributed by atoms with van der Waals surface area (Å²) in [7, 11) is 0. The number of hydrogen-bond acceptors (Lipinski definition) is 3. The van der Waals surface area contributed by atoms with E-state index < -0.39 is 0 Å². The van der Waals surface area contributed by atoms with Gasteiger partial charge in [-0.05, 0) is 20.8 Å². The van der Waals surface area contributed by atoms with Crippen molar-refractivity contribution in [2.24, 2.45) is 0 Å². The standard InChI is InChI=1S/3C2H6O.ClH.Hf/c3*1-2-3;;/h3*3H,2H2,1H3;1H;/p-1. The molecule has 0 rings (SSSR count). The fraction of sp³-hybridized carbons (Fsp3) is 1.00. The Bertz CT molecular complexity index is 22.5. The maximum atomic E-state index is 7.57. The van der Waals surface area contributed by atoms with Crippen LogP contribution in [0.5, 0.6) is 0 Å². The van der Waals surface area contributed by atoms with Gasteiger partial charge in [0, 0.05) is 45.7 Å². The molecule has 3 N–H and O–H groups in total. The minimum atomic E-state index is 0. The molecule has 0 saturated heterocycles. The van der Waals surface area contributed by atoms with Crippen LogP contribution in [0, 0.1) is 0 Å². The zero-order chi connectivity index (χ0) is 8.12. The van der Waals surface area contributed by atoms with Gasteiger partial charge in [0.25, 0.3) is 0 Å². The summed E-state index contributed by atoms with van der Waals surface area (Å²) in [5.41, 5.74) is 0. The Kier molecular flexibility index (Phi) is 184. The van der Waals surface area contributed by atoms with Crippen molar-refractivity contribution in [2.75, 3.05) is 19.8 Å². The van der Waals surface area contributed by atoms with Crippen LogP contribution in [0.4, 0.5) is 0 Å². The number of halogens is 1. The molecule has 0 fully saturated rings. The molecule has 11 heavy (non-hydrogen) atoms. The first kappa shape index (κ1) is 29.6. The second kappa shape index (κ2) is 68.2. The quantitative estimate of drug-likeness (QED) is 0.408. The summed E-state index contributed by atoms with van der Waals surface area (Å²) in [6, 6.07) is 0. The van der Waals surface area contributed by atoms with Gasteiger partial charge in [0.2, 0.25) is 0 Å². The van der Waals surface area contributed by atoms with E-state index in [4.69, 9.17) is 15.3 Å². The molecule has 0 saturated carbocycles. The van der Waals surface area contributed by atoms with E-state index in [1.807, 2.05) is 0 Å². The first-order valence-corrected chi connectivity index (χ1v) is 3.07. The second-order valence-corrected chi connectivity index (χ2v) is 0.949. The molecule has 0 unspecified atom stereocenters. The minimum Gasteiger partial charge on any atom is -1.00 e. The normalized spacial score (nSPS) is 4.91. The molecule has 0 aliphatic rings. The van der Waals surface area contributed by atoms with Gasteiger partial charge in [0.15, 0.2) is 0 Å². The van der Waals surface area contributed by atoms with Gasteiger partial charge < -0.3 is 27.7 Å². The van der Waals surface area contributed by atoms with E-state index in [-0.39, 0.29) is 58.1 Å². The molecule has 0 aromatic carbocycles. The number of aliphatic hydroxyl groups excluding tert-OH is 3. The van der Waals surface area contributed by atoms with Crippen LogP contribution in [0.25, 0.3) is 0 Å². The summed E-state index contributed by atoms with van der Waals surface area (Å²) >= 11 is 0. The summed E-state index contributed by atoms with van der Waals surface area (Å²) in [4.78, 5) is 0. The van der Waals surface area contributed by atoms with Crippen molar-refractivity contribution in [3.8, 4) is 0 Å². The average Bonchev–Trinajstić information content (AvgIpc) is 1.70. The van der Waals surface area contributed by atoms with Crippen molar-refractivity contribution in [3.05, 3.63) is 0 Å². The van der Waals surface area contributed by atoms with E-state index >= 15 is 0 Å². The predicted octanol–water partition coefficient (Wildman–Crippen LogP) is -3.00. The maximum absolute atomic E-state index is 7.57. The van der Waals surface area contributed by atoms with Crippen LogP contribution >= 0.6 is 0 Å². The molecule has 0 aliphatic carbocycles. The predicted molar refractivity (Wildman–Crippen MR) is 38.3 cm³/mol. The molecular weight excluding hydrogens is 334 g/mol. The molecule has 0 spiro atoms. The number of hydrogen-bond donors (Lipinski definition) is 3. The van der Waals surface area contributed by atoms with Gasteiger partial charge in [-0.3, -0.25) is 0 Å². The Hall–Kier alpha value is 1.04. The van der Waals surface area contributed by atoms with Crippen molar-refractivity contribution >= 4 is 0 Å². The molecule has 0 aliphatic heterocycles. The fourth-order valence-corrected chi connectivity index (χ4v) is 0. The molecule has 0 aromatic heterocycles. The van der Waals surface area contributed by atoms with E-state index in [2.05, 4.69) is 0 Å². The molecule has 3 nitrogen and oxygen atoms in total. The third kappa shape index (κ3) is 834. The number of rotatable bonds is 0.